The predicted molar refractivity (Wildman–Crippen MR) is 62.1 cm³/mol. The molecule has 1 amide bonds. The van der Waals surface area contributed by atoms with E-state index in [2.05, 4.69) is 5.32 Å². The van der Waals surface area contributed by atoms with Crippen molar-refractivity contribution >= 4 is 11.9 Å². The number of cyclic esters (lactones) is 1. The van der Waals surface area contributed by atoms with Crippen LogP contribution in [0.5, 0.6) is 0 Å². The van der Waals surface area contributed by atoms with Gasteiger partial charge in [0.2, 0.25) is 5.91 Å². The van der Waals surface area contributed by atoms with Gasteiger partial charge < -0.3 is 15.2 Å². The van der Waals surface area contributed by atoms with Gasteiger partial charge in [-0.25, -0.2) is 4.79 Å². The molecule has 5 heteroatoms. The van der Waals surface area contributed by atoms with Crippen LogP contribution in [-0.2, 0) is 14.3 Å². The molecule has 1 fully saturated rings. The molecular weight excluding hydrogens is 222 g/mol. The van der Waals surface area contributed by atoms with E-state index in [9.17, 15) is 14.7 Å². The van der Waals surface area contributed by atoms with Gasteiger partial charge in [-0.2, -0.15) is 0 Å². The first-order valence-electron chi connectivity index (χ1n) is 6.00. The number of nitrogens with one attached hydrogen (secondary N) is 1. The Morgan fingerprint density at radius 2 is 2.06 bits per heavy atom. The van der Waals surface area contributed by atoms with Crippen LogP contribution in [0, 0.1) is 11.8 Å². The minimum absolute atomic E-state index is 0.0164. The Hall–Kier alpha value is -1.10. The Kier molecular flexibility index (Phi) is 4.51. The topological polar surface area (TPSA) is 75.6 Å². The fraction of sp³-hybridized carbons (Fsp3) is 0.833. The molecule has 4 atom stereocenters. The third kappa shape index (κ3) is 3.43. The first kappa shape index (κ1) is 14.0. The fourth-order valence-corrected chi connectivity index (χ4v) is 1.70. The quantitative estimate of drug-likeness (QED) is 0.703. The highest BCUT2D eigenvalue weighted by Gasteiger charge is 2.40. The van der Waals surface area contributed by atoms with Crippen LogP contribution in [-0.4, -0.2) is 35.2 Å². The molecule has 0 aromatic carbocycles. The molecule has 5 nitrogen and oxygen atoms in total. The highest BCUT2D eigenvalue weighted by atomic mass is 16.6. The number of esters is 1. The number of aliphatic hydroxyl groups is 1. The van der Waals surface area contributed by atoms with E-state index in [1.165, 1.54) is 0 Å². The molecule has 2 N–H and O–H groups in total. The second-order valence-electron chi connectivity index (χ2n) is 5.06. The molecule has 0 bridgehead atoms. The van der Waals surface area contributed by atoms with Crippen LogP contribution < -0.4 is 5.32 Å². The molecular formula is C12H21NO4. The SMILES string of the molecule is CC1OC(=O)[C@@H](NC(=O)C[C@@H](O)C(C)C)C1C. The normalized spacial score (nSPS) is 30.2. The molecule has 1 heterocycles. The van der Waals surface area contributed by atoms with Gasteiger partial charge in [0, 0.05) is 5.92 Å². The van der Waals surface area contributed by atoms with Crippen LogP contribution in [0.25, 0.3) is 0 Å². The van der Waals surface area contributed by atoms with Crippen molar-refractivity contribution in [2.75, 3.05) is 0 Å². The van der Waals surface area contributed by atoms with Crippen LogP contribution in [0.15, 0.2) is 0 Å². The molecule has 0 aromatic rings. The lowest BCUT2D eigenvalue weighted by Crippen LogP contribution is -2.43. The monoisotopic (exact) mass is 243 g/mol. The summed E-state index contributed by atoms with van der Waals surface area (Å²) in [6.45, 7) is 7.34. The summed E-state index contributed by atoms with van der Waals surface area (Å²) in [4.78, 5) is 23.1. The van der Waals surface area contributed by atoms with Gasteiger partial charge in [0.05, 0.1) is 12.5 Å². The summed E-state index contributed by atoms with van der Waals surface area (Å²) >= 11 is 0. The van der Waals surface area contributed by atoms with E-state index in [0.29, 0.717) is 0 Å². The number of hydrogen-bond donors (Lipinski definition) is 2. The van der Waals surface area contributed by atoms with E-state index in [4.69, 9.17) is 4.74 Å². The molecule has 1 rings (SSSR count). The first-order chi connectivity index (χ1) is 7.82. The van der Waals surface area contributed by atoms with E-state index >= 15 is 0 Å². The molecule has 0 spiro atoms. The van der Waals surface area contributed by atoms with Gasteiger partial charge in [-0.15, -0.1) is 0 Å². The Morgan fingerprint density at radius 3 is 2.47 bits per heavy atom. The average Bonchev–Trinajstić information content (AvgIpc) is 2.45. The Bertz CT molecular complexity index is 303. The highest BCUT2D eigenvalue weighted by molar-refractivity contribution is 5.86. The summed E-state index contributed by atoms with van der Waals surface area (Å²) in [5.74, 6) is -0.721. The number of rotatable bonds is 4. The molecule has 2 unspecified atom stereocenters. The number of carbonyl (C=O) groups is 2. The molecule has 1 aliphatic rings. The molecule has 1 saturated heterocycles. The zero-order valence-corrected chi connectivity index (χ0v) is 10.8. The van der Waals surface area contributed by atoms with Crippen LogP contribution in [0.4, 0.5) is 0 Å². The van der Waals surface area contributed by atoms with Gasteiger partial charge in [0.25, 0.3) is 0 Å². The Labute approximate surface area is 102 Å². The van der Waals surface area contributed by atoms with Crippen molar-refractivity contribution in [2.45, 2.75) is 52.4 Å². The molecule has 1 aliphatic heterocycles. The van der Waals surface area contributed by atoms with Gasteiger partial charge in [0.15, 0.2) is 0 Å². The van der Waals surface area contributed by atoms with Crippen LogP contribution in [0.1, 0.15) is 34.1 Å². The maximum Gasteiger partial charge on any atom is 0.329 e. The number of amides is 1. The zero-order valence-electron chi connectivity index (χ0n) is 10.8. The number of carbonyl (C=O) groups excluding carboxylic acids is 2. The minimum Gasteiger partial charge on any atom is -0.461 e. The lowest BCUT2D eigenvalue weighted by Gasteiger charge is -2.17. The predicted octanol–water partition coefficient (Wildman–Crippen LogP) is 0.460. The summed E-state index contributed by atoms with van der Waals surface area (Å²) in [6.07, 6.45) is -0.842. The van der Waals surface area contributed by atoms with Crippen molar-refractivity contribution < 1.29 is 19.4 Å². The fourth-order valence-electron chi connectivity index (χ4n) is 1.70. The third-order valence-corrected chi connectivity index (χ3v) is 3.30. The Balaban J connectivity index is 2.49. The lowest BCUT2D eigenvalue weighted by atomic mass is 9.99. The minimum atomic E-state index is -0.680. The number of ether oxygens (including phenoxy) is 1. The van der Waals surface area contributed by atoms with Crippen molar-refractivity contribution in [3.63, 3.8) is 0 Å². The average molecular weight is 243 g/mol. The van der Waals surface area contributed by atoms with Crippen molar-refractivity contribution in [3.8, 4) is 0 Å². The van der Waals surface area contributed by atoms with Crippen molar-refractivity contribution in [3.05, 3.63) is 0 Å². The van der Waals surface area contributed by atoms with E-state index < -0.39 is 18.1 Å². The van der Waals surface area contributed by atoms with E-state index in [1.807, 2.05) is 20.8 Å². The van der Waals surface area contributed by atoms with Gasteiger partial charge >= 0.3 is 5.97 Å². The van der Waals surface area contributed by atoms with Crippen molar-refractivity contribution in [1.29, 1.82) is 0 Å². The van der Waals surface area contributed by atoms with Crippen molar-refractivity contribution in [2.24, 2.45) is 11.8 Å². The summed E-state index contributed by atoms with van der Waals surface area (Å²) in [6, 6.07) is -0.586. The maximum atomic E-state index is 11.6. The lowest BCUT2D eigenvalue weighted by molar-refractivity contribution is -0.144. The summed E-state index contributed by atoms with van der Waals surface area (Å²) in [7, 11) is 0. The van der Waals surface area contributed by atoms with Crippen molar-refractivity contribution in [1.82, 2.24) is 5.32 Å². The third-order valence-electron chi connectivity index (χ3n) is 3.30. The highest BCUT2D eigenvalue weighted by Crippen LogP contribution is 2.21. The van der Waals surface area contributed by atoms with Crippen LogP contribution >= 0.6 is 0 Å². The molecule has 98 valence electrons. The number of aliphatic hydroxyl groups excluding tert-OH is 1. The molecule has 17 heavy (non-hydrogen) atoms. The first-order valence-corrected chi connectivity index (χ1v) is 6.00. The van der Waals surface area contributed by atoms with Gasteiger partial charge in [-0.1, -0.05) is 20.8 Å². The van der Waals surface area contributed by atoms with Gasteiger partial charge in [0.1, 0.15) is 12.1 Å². The van der Waals surface area contributed by atoms with E-state index in [1.54, 1.807) is 6.92 Å². The molecule has 0 aliphatic carbocycles. The second kappa shape index (κ2) is 5.49. The van der Waals surface area contributed by atoms with Crippen LogP contribution in [0.3, 0.4) is 0 Å². The summed E-state index contributed by atoms with van der Waals surface area (Å²) in [5, 5.41) is 12.2. The largest absolute Gasteiger partial charge is 0.461 e. The number of hydrogen-bond acceptors (Lipinski definition) is 4. The smallest absolute Gasteiger partial charge is 0.329 e. The molecule has 0 saturated carbocycles. The second-order valence-corrected chi connectivity index (χ2v) is 5.06. The van der Waals surface area contributed by atoms with Gasteiger partial charge in [-0.05, 0) is 12.8 Å². The molecule has 0 radical (unpaired) electrons. The zero-order chi connectivity index (χ0) is 13.2. The summed E-state index contributed by atoms with van der Waals surface area (Å²) < 4.78 is 5.02. The van der Waals surface area contributed by atoms with Crippen LogP contribution in [0.2, 0.25) is 0 Å². The standard InChI is InChI=1S/C12H21NO4/c1-6(2)9(14)5-10(15)13-11-7(3)8(4)17-12(11)16/h6-9,11,14H,5H2,1-4H3,(H,13,15)/t7?,8?,9-,11+/m1/s1. The van der Waals surface area contributed by atoms with Gasteiger partial charge in [-0.3, -0.25) is 4.79 Å². The van der Waals surface area contributed by atoms with E-state index in [-0.39, 0.29) is 30.3 Å². The molecule has 0 aromatic heterocycles. The maximum absolute atomic E-state index is 11.6. The van der Waals surface area contributed by atoms with E-state index in [0.717, 1.165) is 0 Å². The summed E-state index contributed by atoms with van der Waals surface area (Å²) in [5.41, 5.74) is 0. The Morgan fingerprint density at radius 1 is 1.47 bits per heavy atom.